The van der Waals surface area contributed by atoms with Gasteiger partial charge in [0.05, 0.1) is 23.5 Å². The summed E-state index contributed by atoms with van der Waals surface area (Å²) < 4.78 is 2.29. The number of imidazole rings is 1. The summed E-state index contributed by atoms with van der Waals surface area (Å²) >= 11 is 0. The first-order valence-electron chi connectivity index (χ1n) is 10.2. The summed E-state index contributed by atoms with van der Waals surface area (Å²) in [5.74, 6) is 1.31. The number of nitrogens with one attached hydrogen (secondary N) is 1. The first kappa shape index (κ1) is 18.7. The van der Waals surface area contributed by atoms with Crippen molar-refractivity contribution in [2.24, 2.45) is 5.92 Å². The molecule has 0 saturated carbocycles. The third kappa shape index (κ3) is 4.09. The number of rotatable bonds is 6. The Morgan fingerprint density at radius 1 is 1.14 bits per heavy atom. The number of aryl methyl sites for hydroxylation is 1. The predicted molar refractivity (Wildman–Crippen MR) is 112 cm³/mol. The Hall–Kier alpha value is -2.66. The monoisotopic (exact) mass is 376 g/mol. The van der Waals surface area contributed by atoms with Crippen LogP contribution in [0.2, 0.25) is 0 Å². The molecular weight excluding hydrogens is 348 g/mol. The summed E-state index contributed by atoms with van der Waals surface area (Å²) in [6, 6.07) is 18.4. The van der Waals surface area contributed by atoms with Gasteiger partial charge >= 0.3 is 0 Å². The highest BCUT2D eigenvalue weighted by molar-refractivity contribution is 5.79. The van der Waals surface area contributed by atoms with Gasteiger partial charge in [-0.25, -0.2) is 4.98 Å². The first-order valence-corrected chi connectivity index (χ1v) is 10.2. The summed E-state index contributed by atoms with van der Waals surface area (Å²) in [4.78, 5) is 19.9. The highest BCUT2D eigenvalue weighted by atomic mass is 16.1. The molecule has 1 fully saturated rings. The predicted octanol–water partition coefficient (Wildman–Crippen LogP) is 3.58. The van der Waals surface area contributed by atoms with E-state index in [1.165, 1.54) is 5.52 Å². The number of piperidine rings is 1. The molecule has 5 nitrogen and oxygen atoms in total. The van der Waals surface area contributed by atoms with E-state index in [1.54, 1.807) is 0 Å². The van der Waals surface area contributed by atoms with Gasteiger partial charge in [-0.2, -0.15) is 0 Å². The standard InChI is InChI=1S/C23H28N4O/c1-2-27-21-13-7-6-12-20(21)25-22(27)17-26-14-8-11-19(16-26)23(28)24-15-18-9-4-3-5-10-18/h3-7,9-10,12-13,19H,2,8,11,14-17H2,1H3,(H,24,28)/t19-/m1/s1. The van der Waals surface area contributed by atoms with E-state index in [4.69, 9.17) is 4.98 Å². The highest BCUT2D eigenvalue weighted by Crippen LogP contribution is 2.21. The van der Waals surface area contributed by atoms with Gasteiger partial charge in [-0.15, -0.1) is 0 Å². The number of para-hydroxylation sites is 2. The van der Waals surface area contributed by atoms with Gasteiger partial charge in [-0.1, -0.05) is 42.5 Å². The van der Waals surface area contributed by atoms with Crippen molar-refractivity contribution < 1.29 is 4.79 Å². The van der Waals surface area contributed by atoms with Crippen LogP contribution < -0.4 is 5.32 Å². The van der Waals surface area contributed by atoms with Gasteiger partial charge in [0, 0.05) is 19.6 Å². The van der Waals surface area contributed by atoms with Gasteiger partial charge in [0.15, 0.2) is 0 Å². The van der Waals surface area contributed by atoms with E-state index in [9.17, 15) is 4.79 Å². The number of hydrogen-bond acceptors (Lipinski definition) is 3. The number of benzene rings is 2. The lowest BCUT2D eigenvalue weighted by Gasteiger charge is -2.31. The van der Waals surface area contributed by atoms with Crippen molar-refractivity contribution in [3.05, 3.63) is 66.0 Å². The number of amides is 1. The molecule has 1 atom stereocenters. The van der Waals surface area contributed by atoms with Crippen LogP contribution in [0.5, 0.6) is 0 Å². The Balaban J connectivity index is 1.39. The molecule has 28 heavy (non-hydrogen) atoms. The van der Waals surface area contributed by atoms with Crippen molar-refractivity contribution in [3.63, 3.8) is 0 Å². The molecule has 1 saturated heterocycles. The largest absolute Gasteiger partial charge is 0.352 e. The number of aromatic nitrogens is 2. The molecule has 146 valence electrons. The molecular formula is C23H28N4O. The van der Waals surface area contributed by atoms with Gasteiger partial charge in [0.2, 0.25) is 5.91 Å². The van der Waals surface area contributed by atoms with Crippen molar-refractivity contribution >= 4 is 16.9 Å². The van der Waals surface area contributed by atoms with Crippen molar-refractivity contribution in [3.8, 4) is 0 Å². The van der Waals surface area contributed by atoms with Crippen LogP contribution in [0.25, 0.3) is 11.0 Å². The normalized spacial score (nSPS) is 17.7. The summed E-state index contributed by atoms with van der Waals surface area (Å²) in [6.45, 7) is 6.29. The van der Waals surface area contributed by atoms with E-state index in [2.05, 4.69) is 39.9 Å². The Morgan fingerprint density at radius 3 is 2.75 bits per heavy atom. The van der Waals surface area contributed by atoms with Crippen LogP contribution in [0.15, 0.2) is 54.6 Å². The third-order valence-corrected chi connectivity index (χ3v) is 5.60. The minimum absolute atomic E-state index is 0.0527. The fourth-order valence-corrected chi connectivity index (χ4v) is 4.14. The molecule has 1 aliphatic heterocycles. The third-order valence-electron chi connectivity index (χ3n) is 5.60. The fraction of sp³-hybridized carbons (Fsp3) is 0.391. The van der Waals surface area contributed by atoms with E-state index in [0.717, 1.165) is 55.9 Å². The molecule has 2 heterocycles. The van der Waals surface area contributed by atoms with Crippen LogP contribution >= 0.6 is 0 Å². The van der Waals surface area contributed by atoms with Crippen LogP contribution in [-0.2, 0) is 24.4 Å². The lowest BCUT2D eigenvalue weighted by atomic mass is 9.97. The summed E-state index contributed by atoms with van der Waals surface area (Å²) in [6.07, 6.45) is 2.01. The zero-order valence-electron chi connectivity index (χ0n) is 16.5. The maximum atomic E-state index is 12.7. The Labute approximate surface area is 166 Å². The fourth-order valence-electron chi connectivity index (χ4n) is 4.14. The van der Waals surface area contributed by atoms with Gasteiger partial charge in [-0.3, -0.25) is 9.69 Å². The molecule has 0 spiro atoms. The zero-order valence-corrected chi connectivity index (χ0v) is 16.5. The van der Waals surface area contributed by atoms with Gasteiger partial charge < -0.3 is 9.88 Å². The highest BCUT2D eigenvalue weighted by Gasteiger charge is 2.26. The average Bonchev–Trinajstić information content (AvgIpc) is 3.09. The molecule has 0 bridgehead atoms. The van der Waals surface area contributed by atoms with Gasteiger partial charge in [-0.05, 0) is 44.0 Å². The molecule has 0 aliphatic carbocycles. The van der Waals surface area contributed by atoms with Crippen molar-refractivity contribution in [1.82, 2.24) is 19.8 Å². The Kier molecular flexibility index (Phi) is 5.72. The lowest BCUT2D eigenvalue weighted by molar-refractivity contribution is -0.127. The SMILES string of the molecule is CCn1c(CN2CCC[C@@H](C(=O)NCc3ccccc3)C2)nc2ccccc21. The summed E-state index contributed by atoms with van der Waals surface area (Å²) in [5.41, 5.74) is 3.38. The number of carbonyl (C=O) groups is 1. The molecule has 1 amide bonds. The number of likely N-dealkylation sites (tertiary alicyclic amines) is 1. The molecule has 0 unspecified atom stereocenters. The van der Waals surface area contributed by atoms with E-state index in [0.29, 0.717) is 6.54 Å². The molecule has 3 aromatic rings. The van der Waals surface area contributed by atoms with Crippen molar-refractivity contribution in [1.29, 1.82) is 0 Å². The number of hydrogen-bond donors (Lipinski definition) is 1. The number of carbonyl (C=O) groups excluding carboxylic acids is 1. The van der Waals surface area contributed by atoms with E-state index in [1.807, 2.05) is 36.4 Å². The molecule has 5 heteroatoms. The minimum atomic E-state index is 0.0527. The first-order chi connectivity index (χ1) is 13.7. The van der Waals surface area contributed by atoms with Crippen LogP contribution in [-0.4, -0.2) is 33.4 Å². The van der Waals surface area contributed by atoms with Gasteiger partial charge in [0.25, 0.3) is 0 Å². The van der Waals surface area contributed by atoms with Crippen LogP contribution in [0.4, 0.5) is 0 Å². The zero-order chi connectivity index (χ0) is 19.3. The second kappa shape index (κ2) is 8.57. The van der Waals surface area contributed by atoms with Crippen LogP contribution in [0.3, 0.4) is 0 Å². The maximum Gasteiger partial charge on any atom is 0.224 e. The smallest absolute Gasteiger partial charge is 0.224 e. The quantitative estimate of drug-likeness (QED) is 0.715. The Morgan fingerprint density at radius 2 is 1.93 bits per heavy atom. The van der Waals surface area contributed by atoms with Gasteiger partial charge in [0.1, 0.15) is 5.82 Å². The van der Waals surface area contributed by atoms with E-state index in [-0.39, 0.29) is 11.8 Å². The molecule has 1 aliphatic rings. The second-order valence-electron chi connectivity index (χ2n) is 7.54. The maximum absolute atomic E-state index is 12.7. The van der Waals surface area contributed by atoms with Crippen molar-refractivity contribution in [2.75, 3.05) is 13.1 Å². The van der Waals surface area contributed by atoms with E-state index < -0.39 is 0 Å². The lowest BCUT2D eigenvalue weighted by Crippen LogP contribution is -2.42. The molecule has 1 aromatic heterocycles. The minimum Gasteiger partial charge on any atom is -0.352 e. The molecule has 4 rings (SSSR count). The molecule has 1 N–H and O–H groups in total. The van der Waals surface area contributed by atoms with Crippen LogP contribution in [0.1, 0.15) is 31.2 Å². The molecule has 0 radical (unpaired) electrons. The molecule has 2 aromatic carbocycles. The van der Waals surface area contributed by atoms with Crippen molar-refractivity contribution in [2.45, 2.75) is 39.4 Å². The Bertz CT molecular complexity index is 934. The second-order valence-corrected chi connectivity index (χ2v) is 7.54. The average molecular weight is 377 g/mol. The number of nitrogens with zero attached hydrogens (tertiary/aromatic N) is 3. The topological polar surface area (TPSA) is 50.2 Å². The summed E-state index contributed by atoms with van der Waals surface area (Å²) in [7, 11) is 0. The summed E-state index contributed by atoms with van der Waals surface area (Å²) in [5, 5.41) is 3.11. The van der Waals surface area contributed by atoms with Crippen LogP contribution in [0, 0.1) is 5.92 Å². The number of fused-ring (bicyclic) bond motifs is 1. The van der Waals surface area contributed by atoms with E-state index >= 15 is 0 Å².